The molecule has 4 N–H and O–H groups in total. The number of aromatic nitrogens is 2. The highest BCUT2D eigenvalue weighted by molar-refractivity contribution is 5.64. The fourth-order valence-electron chi connectivity index (χ4n) is 1.40. The maximum absolute atomic E-state index is 13.5. The molecule has 2 aromatic rings. The van der Waals surface area contributed by atoms with Crippen LogP contribution >= 0.6 is 0 Å². The molecule has 0 spiro atoms. The largest absolute Gasteiger partial charge is 0.495 e. The number of ether oxygens (including phenoxy) is 1. The molecule has 18 heavy (non-hydrogen) atoms. The minimum absolute atomic E-state index is 0.0162. The number of nitrogens with zero attached hydrogens (tertiary/aromatic N) is 2. The van der Waals surface area contributed by atoms with Gasteiger partial charge in [0.25, 0.3) is 0 Å². The van der Waals surface area contributed by atoms with Crippen molar-refractivity contribution >= 4 is 17.5 Å². The number of nitrogens with two attached hydrogens (primary N) is 1. The van der Waals surface area contributed by atoms with Crippen molar-refractivity contribution in [3.05, 3.63) is 36.3 Å². The quantitative estimate of drug-likeness (QED) is 0.564. The van der Waals surface area contributed by atoms with Crippen LogP contribution in [0.2, 0.25) is 0 Å². The Labute approximate surface area is 103 Å². The van der Waals surface area contributed by atoms with Crippen molar-refractivity contribution in [2.45, 2.75) is 0 Å². The molecule has 0 aliphatic heterocycles. The summed E-state index contributed by atoms with van der Waals surface area (Å²) in [7, 11) is 1.53. The third kappa shape index (κ3) is 2.46. The zero-order chi connectivity index (χ0) is 13.0. The van der Waals surface area contributed by atoms with E-state index in [1.54, 1.807) is 18.2 Å². The van der Waals surface area contributed by atoms with Gasteiger partial charge in [-0.05, 0) is 12.1 Å². The van der Waals surface area contributed by atoms with Gasteiger partial charge in [-0.1, -0.05) is 12.1 Å². The van der Waals surface area contributed by atoms with Gasteiger partial charge in [0.2, 0.25) is 5.95 Å². The van der Waals surface area contributed by atoms with Gasteiger partial charge in [-0.25, -0.2) is 15.2 Å². The molecule has 0 radical (unpaired) electrons. The molecular weight excluding hydrogens is 237 g/mol. The lowest BCUT2D eigenvalue weighted by Crippen LogP contribution is -2.12. The number of nitrogens with one attached hydrogen (secondary N) is 2. The van der Waals surface area contributed by atoms with E-state index in [0.717, 1.165) is 6.20 Å². The van der Waals surface area contributed by atoms with E-state index in [1.165, 1.54) is 7.11 Å². The SMILES string of the molecule is COc1ccccc1Nc1nc(NN)ncc1F. The highest BCUT2D eigenvalue weighted by Crippen LogP contribution is 2.27. The second-order valence-corrected chi connectivity index (χ2v) is 3.36. The van der Waals surface area contributed by atoms with E-state index in [1.807, 2.05) is 6.07 Å². The first kappa shape index (κ1) is 12.1. The molecule has 0 aliphatic rings. The molecule has 1 heterocycles. The van der Waals surface area contributed by atoms with Crippen molar-refractivity contribution < 1.29 is 9.13 Å². The number of hydrogen-bond acceptors (Lipinski definition) is 6. The number of hydrazine groups is 1. The summed E-state index contributed by atoms with van der Waals surface area (Å²) in [5.74, 6) is 5.30. The number of hydrogen-bond donors (Lipinski definition) is 3. The summed E-state index contributed by atoms with van der Waals surface area (Å²) in [6.07, 6.45) is 1.03. The Balaban J connectivity index is 2.33. The predicted octanol–water partition coefficient (Wildman–Crippen LogP) is 1.65. The summed E-state index contributed by atoms with van der Waals surface area (Å²) in [5, 5.41) is 2.82. The van der Waals surface area contributed by atoms with Crippen molar-refractivity contribution in [2.75, 3.05) is 17.9 Å². The molecule has 0 saturated carbocycles. The van der Waals surface area contributed by atoms with Crippen LogP contribution in [-0.2, 0) is 0 Å². The van der Waals surface area contributed by atoms with E-state index in [2.05, 4.69) is 20.7 Å². The van der Waals surface area contributed by atoms with Gasteiger partial charge in [0, 0.05) is 0 Å². The molecule has 0 amide bonds. The van der Waals surface area contributed by atoms with E-state index in [-0.39, 0.29) is 11.8 Å². The third-order valence-corrected chi connectivity index (χ3v) is 2.23. The first-order chi connectivity index (χ1) is 8.74. The average molecular weight is 249 g/mol. The number of anilines is 3. The van der Waals surface area contributed by atoms with E-state index in [0.29, 0.717) is 11.4 Å². The van der Waals surface area contributed by atoms with Crippen molar-refractivity contribution in [1.29, 1.82) is 0 Å². The average Bonchev–Trinajstić information content (AvgIpc) is 2.42. The molecule has 0 atom stereocenters. The van der Waals surface area contributed by atoms with Crippen LogP contribution in [0.25, 0.3) is 0 Å². The third-order valence-electron chi connectivity index (χ3n) is 2.23. The summed E-state index contributed by atoms with van der Waals surface area (Å²) in [6, 6.07) is 7.11. The van der Waals surface area contributed by atoms with Crippen molar-refractivity contribution in [2.24, 2.45) is 5.84 Å². The van der Waals surface area contributed by atoms with Crippen molar-refractivity contribution in [3.63, 3.8) is 0 Å². The van der Waals surface area contributed by atoms with Crippen LogP contribution in [-0.4, -0.2) is 17.1 Å². The smallest absolute Gasteiger partial charge is 0.239 e. The predicted molar refractivity (Wildman–Crippen MR) is 66.1 cm³/mol. The Morgan fingerprint density at radius 2 is 2.11 bits per heavy atom. The molecule has 6 nitrogen and oxygen atoms in total. The molecule has 0 saturated heterocycles. The minimum atomic E-state index is -0.583. The second-order valence-electron chi connectivity index (χ2n) is 3.36. The van der Waals surface area contributed by atoms with Crippen LogP contribution in [0.1, 0.15) is 0 Å². The molecular formula is C11H12FN5O. The Morgan fingerprint density at radius 3 is 2.83 bits per heavy atom. The zero-order valence-corrected chi connectivity index (χ0v) is 9.64. The molecule has 0 unspecified atom stereocenters. The molecule has 0 aliphatic carbocycles. The lowest BCUT2D eigenvalue weighted by Gasteiger charge is -2.11. The van der Waals surface area contributed by atoms with E-state index in [4.69, 9.17) is 10.6 Å². The monoisotopic (exact) mass is 249 g/mol. The number of methoxy groups -OCH3 is 1. The normalized spacial score (nSPS) is 9.94. The number of rotatable bonds is 4. The summed E-state index contributed by atoms with van der Waals surface area (Å²) in [4.78, 5) is 7.52. The summed E-state index contributed by atoms with van der Waals surface area (Å²) >= 11 is 0. The lowest BCUT2D eigenvalue weighted by molar-refractivity contribution is 0.417. The Kier molecular flexibility index (Phi) is 3.54. The molecule has 1 aromatic carbocycles. The Hall–Kier alpha value is -2.41. The zero-order valence-electron chi connectivity index (χ0n) is 9.64. The Bertz CT molecular complexity index is 549. The van der Waals surface area contributed by atoms with E-state index >= 15 is 0 Å². The lowest BCUT2D eigenvalue weighted by atomic mass is 10.3. The van der Waals surface area contributed by atoms with Gasteiger partial charge >= 0.3 is 0 Å². The van der Waals surface area contributed by atoms with Gasteiger partial charge in [0.15, 0.2) is 11.6 Å². The molecule has 0 bridgehead atoms. The Morgan fingerprint density at radius 1 is 1.33 bits per heavy atom. The van der Waals surface area contributed by atoms with Crippen LogP contribution in [0.15, 0.2) is 30.5 Å². The number of para-hydroxylation sites is 2. The highest BCUT2D eigenvalue weighted by Gasteiger charge is 2.09. The standard InChI is InChI=1S/C11H12FN5O/c1-18-9-5-3-2-4-8(9)15-10-7(12)6-14-11(16-10)17-13/h2-6H,13H2,1H3,(H2,14,15,16,17). The first-order valence-corrected chi connectivity index (χ1v) is 5.14. The van der Waals surface area contributed by atoms with Gasteiger partial charge in [0.1, 0.15) is 5.75 Å². The van der Waals surface area contributed by atoms with Crippen LogP contribution < -0.4 is 21.3 Å². The molecule has 7 heteroatoms. The number of benzene rings is 1. The topological polar surface area (TPSA) is 85.1 Å². The van der Waals surface area contributed by atoms with Crippen LogP contribution in [0.5, 0.6) is 5.75 Å². The molecule has 2 rings (SSSR count). The fourth-order valence-corrected chi connectivity index (χ4v) is 1.40. The first-order valence-electron chi connectivity index (χ1n) is 5.14. The minimum Gasteiger partial charge on any atom is -0.495 e. The second kappa shape index (κ2) is 5.28. The number of nitrogen functional groups attached to an aromatic ring is 1. The molecule has 94 valence electrons. The summed E-state index contributed by atoms with van der Waals surface area (Å²) < 4.78 is 18.7. The molecule has 0 fully saturated rings. The molecule has 1 aromatic heterocycles. The van der Waals surface area contributed by atoms with Gasteiger partial charge in [0.05, 0.1) is 19.0 Å². The fraction of sp³-hybridized carbons (Fsp3) is 0.0909. The summed E-state index contributed by atoms with van der Waals surface area (Å²) in [6.45, 7) is 0. The van der Waals surface area contributed by atoms with Crippen LogP contribution in [0, 0.1) is 5.82 Å². The van der Waals surface area contributed by atoms with Gasteiger partial charge in [-0.3, -0.25) is 5.43 Å². The van der Waals surface area contributed by atoms with Gasteiger partial charge < -0.3 is 10.1 Å². The van der Waals surface area contributed by atoms with Crippen LogP contribution in [0.4, 0.5) is 21.8 Å². The van der Waals surface area contributed by atoms with Gasteiger partial charge in [-0.15, -0.1) is 0 Å². The summed E-state index contributed by atoms with van der Waals surface area (Å²) in [5.41, 5.74) is 2.85. The van der Waals surface area contributed by atoms with Crippen molar-refractivity contribution in [1.82, 2.24) is 9.97 Å². The maximum Gasteiger partial charge on any atom is 0.239 e. The number of halogens is 1. The van der Waals surface area contributed by atoms with Gasteiger partial charge in [-0.2, -0.15) is 4.98 Å². The van der Waals surface area contributed by atoms with E-state index < -0.39 is 5.82 Å². The maximum atomic E-state index is 13.5. The highest BCUT2D eigenvalue weighted by atomic mass is 19.1. The van der Waals surface area contributed by atoms with E-state index in [9.17, 15) is 4.39 Å². The van der Waals surface area contributed by atoms with Crippen molar-refractivity contribution in [3.8, 4) is 5.75 Å². The van der Waals surface area contributed by atoms with Crippen LogP contribution in [0.3, 0.4) is 0 Å².